The number of benzene rings is 2. The maximum atomic E-state index is 12.8. The van der Waals surface area contributed by atoms with E-state index < -0.39 is 23.4 Å². The van der Waals surface area contributed by atoms with Gasteiger partial charge >= 0.3 is 6.18 Å². The lowest BCUT2D eigenvalue weighted by atomic mass is 10.1. The van der Waals surface area contributed by atoms with Crippen molar-refractivity contribution in [2.75, 3.05) is 0 Å². The highest BCUT2D eigenvalue weighted by Crippen LogP contribution is 2.28. The van der Waals surface area contributed by atoms with Gasteiger partial charge in [-0.2, -0.15) is 18.3 Å². The molecule has 0 aliphatic rings. The third-order valence-electron chi connectivity index (χ3n) is 3.11. The van der Waals surface area contributed by atoms with E-state index in [1.165, 1.54) is 36.4 Å². The average molecular weight is 369 g/mol. The minimum Gasteiger partial charge on any atom is -0.505 e. The van der Waals surface area contributed by atoms with Gasteiger partial charge < -0.3 is 5.11 Å². The lowest BCUT2D eigenvalue weighted by Crippen LogP contribution is -2.24. The van der Waals surface area contributed by atoms with Crippen molar-refractivity contribution in [1.29, 1.82) is 0 Å². The van der Waals surface area contributed by atoms with Crippen molar-refractivity contribution in [3.05, 3.63) is 70.4 Å². The van der Waals surface area contributed by atoms with Gasteiger partial charge in [-0.05, 0) is 43.3 Å². The fraction of sp³-hybridized carbons (Fsp3) is 0.118. The molecule has 0 radical (unpaired) electrons. The number of azo groups is 1. The largest absolute Gasteiger partial charge is 0.505 e. The van der Waals surface area contributed by atoms with Crippen LogP contribution in [0.5, 0.6) is 0 Å². The number of rotatable bonds is 4. The molecule has 0 saturated heterocycles. The van der Waals surface area contributed by atoms with Gasteiger partial charge in [0.2, 0.25) is 0 Å². The number of aryl methyl sites for hydroxylation is 1. The zero-order chi connectivity index (χ0) is 18.6. The normalized spacial score (nSPS) is 13.0. The molecule has 130 valence electrons. The van der Waals surface area contributed by atoms with Crippen LogP contribution in [0.4, 0.5) is 18.9 Å². The summed E-state index contributed by atoms with van der Waals surface area (Å²) in [5.74, 6) is -3.23. The van der Waals surface area contributed by atoms with Gasteiger partial charge in [0.15, 0.2) is 11.5 Å². The van der Waals surface area contributed by atoms with Crippen LogP contribution in [0.25, 0.3) is 5.76 Å². The van der Waals surface area contributed by atoms with Gasteiger partial charge in [0.05, 0.1) is 5.69 Å². The maximum absolute atomic E-state index is 12.8. The lowest BCUT2D eigenvalue weighted by molar-refractivity contribution is -0.166. The molecule has 0 aliphatic heterocycles. The van der Waals surface area contributed by atoms with E-state index in [0.717, 1.165) is 5.56 Å². The van der Waals surface area contributed by atoms with Crippen LogP contribution in [-0.4, -0.2) is 17.1 Å². The number of hydrogen-bond donors (Lipinski definition) is 1. The summed E-state index contributed by atoms with van der Waals surface area (Å²) in [6.45, 7) is 1.83. The Balaban J connectivity index is 2.49. The van der Waals surface area contributed by atoms with E-state index in [-0.39, 0.29) is 11.3 Å². The molecule has 2 aromatic carbocycles. The first kappa shape index (κ1) is 18.7. The van der Waals surface area contributed by atoms with E-state index in [4.69, 9.17) is 11.6 Å². The molecule has 8 heteroatoms. The summed E-state index contributed by atoms with van der Waals surface area (Å²) in [6, 6.07) is 11.7. The molecule has 0 spiro atoms. The Bertz CT molecular complexity index is 826. The van der Waals surface area contributed by atoms with Crippen LogP contribution >= 0.6 is 11.6 Å². The zero-order valence-electron chi connectivity index (χ0n) is 12.9. The Morgan fingerprint density at radius 2 is 1.60 bits per heavy atom. The molecule has 0 unspecified atom stereocenters. The van der Waals surface area contributed by atoms with E-state index in [2.05, 4.69) is 10.2 Å². The van der Waals surface area contributed by atoms with Crippen molar-refractivity contribution >= 4 is 28.8 Å². The fourth-order valence-corrected chi connectivity index (χ4v) is 1.92. The molecule has 0 fully saturated rings. The Hall–Kier alpha value is -2.67. The van der Waals surface area contributed by atoms with Crippen LogP contribution in [0.1, 0.15) is 11.1 Å². The summed E-state index contributed by atoms with van der Waals surface area (Å²) < 4.78 is 38.4. The zero-order valence-corrected chi connectivity index (χ0v) is 13.6. The molecule has 0 bridgehead atoms. The van der Waals surface area contributed by atoms with Gasteiger partial charge in [0, 0.05) is 10.6 Å². The van der Waals surface area contributed by atoms with Gasteiger partial charge in [-0.1, -0.05) is 29.3 Å². The molecule has 0 saturated carbocycles. The van der Waals surface area contributed by atoms with Crippen LogP contribution in [0, 0.1) is 6.92 Å². The van der Waals surface area contributed by atoms with Crippen LogP contribution in [0.15, 0.2) is 64.5 Å². The summed E-state index contributed by atoms with van der Waals surface area (Å²) >= 11 is 5.70. The molecular formula is C17H12ClF3N2O2. The number of alkyl halides is 3. The van der Waals surface area contributed by atoms with E-state index >= 15 is 0 Å². The molecule has 0 atom stereocenters. The van der Waals surface area contributed by atoms with E-state index in [1.54, 1.807) is 12.1 Å². The van der Waals surface area contributed by atoms with Gasteiger partial charge in [-0.3, -0.25) is 4.79 Å². The Labute approximate surface area is 146 Å². The Kier molecular flexibility index (Phi) is 5.58. The molecule has 0 heterocycles. The molecular weight excluding hydrogens is 357 g/mol. The molecule has 1 N–H and O–H groups in total. The highest BCUT2D eigenvalue weighted by Gasteiger charge is 2.43. The minimum absolute atomic E-state index is 0.0418. The molecule has 4 nitrogen and oxygen atoms in total. The summed E-state index contributed by atoms with van der Waals surface area (Å²) in [6.07, 6.45) is -5.21. The van der Waals surface area contributed by atoms with Crippen LogP contribution in [0.2, 0.25) is 5.02 Å². The topological polar surface area (TPSA) is 62.0 Å². The Morgan fingerprint density at radius 1 is 1.04 bits per heavy atom. The van der Waals surface area contributed by atoms with Crippen molar-refractivity contribution in [3.8, 4) is 0 Å². The third-order valence-corrected chi connectivity index (χ3v) is 3.37. The average Bonchev–Trinajstić information content (AvgIpc) is 2.56. The number of allylic oxidation sites excluding steroid dienone is 1. The smallest absolute Gasteiger partial charge is 0.456 e. The molecule has 2 aromatic rings. The number of hydrogen-bond acceptors (Lipinski definition) is 4. The second-order valence-electron chi connectivity index (χ2n) is 5.07. The second-order valence-corrected chi connectivity index (χ2v) is 5.50. The van der Waals surface area contributed by atoms with E-state index in [1.807, 2.05) is 6.92 Å². The summed E-state index contributed by atoms with van der Waals surface area (Å²) in [4.78, 5) is 11.6. The molecule has 0 amide bonds. The number of Topliss-reactive ketones (excluding diaryl/α,β-unsaturated/α-hetero) is 1. The summed E-state index contributed by atoms with van der Waals surface area (Å²) in [7, 11) is 0. The number of carbonyl (C=O) groups is 1. The number of aliphatic hydroxyl groups is 1. The molecule has 25 heavy (non-hydrogen) atoms. The van der Waals surface area contributed by atoms with Crippen LogP contribution in [0.3, 0.4) is 0 Å². The third kappa shape index (κ3) is 4.90. The number of nitrogens with zero attached hydrogens (tertiary/aromatic N) is 2. The number of halogens is 4. The van der Waals surface area contributed by atoms with Crippen molar-refractivity contribution in [1.82, 2.24) is 0 Å². The molecule has 2 rings (SSSR count). The van der Waals surface area contributed by atoms with Crippen molar-refractivity contribution < 1.29 is 23.1 Å². The Morgan fingerprint density at radius 3 is 2.12 bits per heavy atom. The predicted molar refractivity (Wildman–Crippen MR) is 87.8 cm³/mol. The first-order chi connectivity index (χ1) is 11.7. The number of carbonyl (C=O) groups excluding carboxylic acids is 1. The number of aliphatic hydroxyl groups excluding tert-OH is 1. The molecule has 0 aromatic heterocycles. The van der Waals surface area contributed by atoms with Crippen molar-refractivity contribution in [3.63, 3.8) is 0 Å². The van der Waals surface area contributed by atoms with Crippen molar-refractivity contribution in [2.24, 2.45) is 10.2 Å². The monoisotopic (exact) mass is 368 g/mol. The summed E-state index contributed by atoms with van der Waals surface area (Å²) in [5, 5.41) is 17.4. The first-order valence-electron chi connectivity index (χ1n) is 6.97. The van der Waals surface area contributed by atoms with E-state index in [0.29, 0.717) is 5.02 Å². The van der Waals surface area contributed by atoms with Crippen LogP contribution < -0.4 is 0 Å². The van der Waals surface area contributed by atoms with Crippen LogP contribution in [-0.2, 0) is 4.79 Å². The molecule has 0 aliphatic carbocycles. The maximum Gasteiger partial charge on any atom is 0.456 e. The SMILES string of the molecule is Cc1ccc(N=N/C(C(=O)C(F)(F)F)=C(/O)c2ccc(Cl)cc2)cc1. The lowest BCUT2D eigenvalue weighted by Gasteiger charge is -2.08. The number of ketones is 1. The van der Waals surface area contributed by atoms with Crippen molar-refractivity contribution in [2.45, 2.75) is 13.1 Å². The summed E-state index contributed by atoms with van der Waals surface area (Å²) in [5.41, 5.74) is -0.0812. The second kappa shape index (κ2) is 7.48. The highest BCUT2D eigenvalue weighted by molar-refractivity contribution is 6.30. The quantitative estimate of drug-likeness (QED) is 0.421. The van der Waals surface area contributed by atoms with E-state index in [9.17, 15) is 23.1 Å². The standard InChI is InChI=1S/C17H12ClF3N2O2/c1-10-2-8-13(9-3-10)22-23-14(16(25)17(19,20)21)15(24)11-4-6-12(18)7-5-11/h2-9,24H,1H3/b15-14+,23-22?. The minimum atomic E-state index is -5.21. The van der Waals surface area contributed by atoms with Gasteiger partial charge in [0.25, 0.3) is 5.78 Å². The first-order valence-corrected chi connectivity index (χ1v) is 7.35. The van der Waals surface area contributed by atoms with Gasteiger partial charge in [0.1, 0.15) is 0 Å². The van der Waals surface area contributed by atoms with Gasteiger partial charge in [-0.15, -0.1) is 5.11 Å². The predicted octanol–water partition coefficient (Wildman–Crippen LogP) is 5.79. The fourth-order valence-electron chi connectivity index (χ4n) is 1.80. The highest BCUT2D eigenvalue weighted by atomic mass is 35.5. The van der Waals surface area contributed by atoms with Gasteiger partial charge in [-0.25, -0.2) is 0 Å².